The van der Waals surface area contributed by atoms with E-state index >= 15 is 0 Å². The lowest BCUT2D eigenvalue weighted by Crippen LogP contribution is -2.47. The number of aryl methyl sites for hydroxylation is 1. The number of hydrogen-bond acceptors (Lipinski definition) is 4. The summed E-state index contributed by atoms with van der Waals surface area (Å²) < 4.78 is 11.4. The van der Waals surface area contributed by atoms with E-state index in [-0.39, 0.29) is 11.9 Å². The molecule has 1 unspecified atom stereocenters. The number of amides is 3. The van der Waals surface area contributed by atoms with Crippen molar-refractivity contribution in [1.29, 1.82) is 0 Å². The summed E-state index contributed by atoms with van der Waals surface area (Å²) >= 11 is 0. The highest BCUT2D eigenvalue weighted by molar-refractivity contribution is 6.07. The quantitative estimate of drug-likeness (QED) is 0.652. The van der Waals surface area contributed by atoms with Crippen molar-refractivity contribution in [2.45, 2.75) is 25.3 Å². The Hall–Kier alpha value is -3.02. The molecule has 2 heterocycles. The lowest BCUT2D eigenvalue weighted by Gasteiger charge is -2.33. The van der Waals surface area contributed by atoms with Crippen LogP contribution in [-0.4, -0.2) is 36.6 Å². The van der Waals surface area contributed by atoms with Crippen molar-refractivity contribution in [1.82, 2.24) is 10.2 Å². The number of urea groups is 1. The van der Waals surface area contributed by atoms with Crippen LogP contribution in [0.3, 0.4) is 0 Å². The molecule has 0 saturated carbocycles. The van der Waals surface area contributed by atoms with Gasteiger partial charge in [0.25, 0.3) is 5.91 Å². The monoisotopic (exact) mass is 366 g/mol. The smallest absolute Gasteiger partial charge is 0.325 e. The van der Waals surface area contributed by atoms with E-state index in [1.807, 2.05) is 55.5 Å². The third kappa shape index (κ3) is 3.01. The summed E-state index contributed by atoms with van der Waals surface area (Å²) in [6.07, 6.45) is 1.01. The van der Waals surface area contributed by atoms with Gasteiger partial charge in [-0.2, -0.15) is 0 Å². The number of para-hydroxylation sites is 2. The third-order valence-electron chi connectivity index (χ3n) is 5.13. The van der Waals surface area contributed by atoms with Gasteiger partial charge in [-0.25, -0.2) is 4.79 Å². The van der Waals surface area contributed by atoms with Gasteiger partial charge >= 0.3 is 6.03 Å². The molecule has 27 heavy (non-hydrogen) atoms. The Morgan fingerprint density at radius 2 is 1.93 bits per heavy atom. The fourth-order valence-corrected chi connectivity index (χ4v) is 3.70. The largest absolute Gasteiger partial charge is 0.493 e. The molecule has 2 aromatic rings. The molecule has 6 heteroatoms. The zero-order chi connectivity index (χ0) is 18.9. The summed E-state index contributed by atoms with van der Waals surface area (Å²) in [7, 11) is 0. The molecule has 3 amide bonds. The molecule has 2 aliphatic heterocycles. The first-order valence-electron chi connectivity index (χ1n) is 9.17. The number of fused-ring (bicyclic) bond motifs is 2. The van der Waals surface area contributed by atoms with Gasteiger partial charge in [0, 0.05) is 18.5 Å². The summed E-state index contributed by atoms with van der Waals surface area (Å²) in [5.41, 5.74) is 0.779. The fraction of sp³-hybridized carbons (Fsp3) is 0.333. The third-order valence-corrected chi connectivity index (χ3v) is 5.13. The minimum absolute atomic E-state index is 0.209. The second kappa shape index (κ2) is 6.95. The topological polar surface area (TPSA) is 67.9 Å². The minimum Gasteiger partial charge on any atom is -0.493 e. The van der Waals surface area contributed by atoms with Crippen LogP contribution in [0.1, 0.15) is 24.0 Å². The zero-order valence-corrected chi connectivity index (χ0v) is 15.2. The summed E-state index contributed by atoms with van der Waals surface area (Å²) in [5, 5.41) is 2.91. The van der Waals surface area contributed by atoms with Gasteiger partial charge < -0.3 is 14.8 Å². The number of nitrogens with one attached hydrogen (secondary N) is 1. The van der Waals surface area contributed by atoms with Crippen molar-refractivity contribution < 1.29 is 19.1 Å². The van der Waals surface area contributed by atoms with E-state index < -0.39 is 5.54 Å². The van der Waals surface area contributed by atoms with E-state index in [9.17, 15) is 9.59 Å². The van der Waals surface area contributed by atoms with E-state index in [1.165, 1.54) is 4.90 Å². The molecule has 1 spiro atoms. The molecule has 2 aromatic carbocycles. The van der Waals surface area contributed by atoms with Gasteiger partial charge in [0.1, 0.15) is 11.5 Å². The van der Waals surface area contributed by atoms with E-state index in [4.69, 9.17) is 9.47 Å². The highest BCUT2D eigenvalue weighted by atomic mass is 16.5. The van der Waals surface area contributed by atoms with E-state index in [2.05, 4.69) is 5.32 Å². The Kier molecular flexibility index (Phi) is 4.48. The molecule has 1 atom stereocenters. The molecule has 0 aliphatic carbocycles. The predicted octanol–water partition coefficient (Wildman–Crippen LogP) is 2.99. The number of carbonyl (C=O) groups excluding carboxylic acids is 2. The van der Waals surface area contributed by atoms with Crippen molar-refractivity contribution in [2.24, 2.45) is 0 Å². The molecular weight excluding hydrogens is 344 g/mol. The van der Waals surface area contributed by atoms with Crippen LogP contribution in [0.15, 0.2) is 48.5 Å². The number of hydrogen-bond donors (Lipinski definition) is 1. The van der Waals surface area contributed by atoms with Gasteiger partial charge in [-0.15, -0.1) is 0 Å². The van der Waals surface area contributed by atoms with Crippen LogP contribution in [0.2, 0.25) is 0 Å². The Labute approximate surface area is 158 Å². The first kappa shape index (κ1) is 17.4. The molecule has 0 radical (unpaired) electrons. The first-order valence-corrected chi connectivity index (χ1v) is 9.17. The molecule has 6 nitrogen and oxygen atoms in total. The second-order valence-corrected chi connectivity index (χ2v) is 6.85. The average molecular weight is 366 g/mol. The van der Waals surface area contributed by atoms with Crippen LogP contribution in [0, 0.1) is 6.92 Å². The Morgan fingerprint density at radius 3 is 2.78 bits per heavy atom. The molecule has 1 saturated heterocycles. The van der Waals surface area contributed by atoms with Crippen LogP contribution < -0.4 is 14.8 Å². The average Bonchev–Trinajstić information content (AvgIpc) is 2.91. The fourth-order valence-electron chi connectivity index (χ4n) is 3.70. The lowest BCUT2D eigenvalue weighted by molar-refractivity contribution is -0.132. The molecule has 4 rings (SSSR count). The predicted molar refractivity (Wildman–Crippen MR) is 99.8 cm³/mol. The second-order valence-electron chi connectivity index (χ2n) is 6.85. The zero-order valence-electron chi connectivity index (χ0n) is 15.2. The molecule has 0 aromatic heterocycles. The first-order chi connectivity index (χ1) is 13.1. The van der Waals surface area contributed by atoms with Crippen molar-refractivity contribution in [3.8, 4) is 11.5 Å². The van der Waals surface area contributed by atoms with Crippen molar-refractivity contribution >= 4 is 11.9 Å². The Morgan fingerprint density at radius 1 is 1.15 bits per heavy atom. The van der Waals surface area contributed by atoms with Crippen LogP contribution in [0.4, 0.5) is 4.79 Å². The lowest BCUT2D eigenvalue weighted by atomic mass is 9.84. The highest BCUT2D eigenvalue weighted by Crippen LogP contribution is 2.40. The van der Waals surface area contributed by atoms with Gasteiger partial charge in [0.2, 0.25) is 0 Å². The Bertz CT molecular complexity index is 882. The van der Waals surface area contributed by atoms with Gasteiger partial charge in [-0.3, -0.25) is 9.69 Å². The Balaban J connectivity index is 1.43. The molecule has 1 N–H and O–H groups in total. The maximum absolute atomic E-state index is 13.1. The van der Waals surface area contributed by atoms with Crippen molar-refractivity contribution in [3.63, 3.8) is 0 Å². The number of rotatable bonds is 5. The summed E-state index contributed by atoms with van der Waals surface area (Å²) in [6, 6.07) is 14.8. The summed E-state index contributed by atoms with van der Waals surface area (Å²) in [5.74, 6) is 1.27. The number of imide groups is 1. The van der Waals surface area contributed by atoms with Crippen molar-refractivity contribution in [3.05, 3.63) is 59.7 Å². The highest BCUT2D eigenvalue weighted by Gasteiger charge is 2.54. The summed E-state index contributed by atoms with van der Waals surface area (Å²) in [4.78, 5) is 26.9. The number of benzene rings is 2. The minimum atomic E-state index is -1.01. The van der Waals surface area contributed by atoms with Gasteiger partial charge in [-0.05, 0) is 31.0 Å². The number of carbonyl (C=O) groups is 2. The van der Waals surface area contributed by atoms with Gasteiger partial charge in [0.15, 0.2) is 5.54 Å². The molecule has 1 fully saturated rings. The van der Waals surface area contributed by atoms with Crippen LogP contribution in [0.25, 0.3) is 0 Å². The molecular formula is C21H22N2O4. The SMILES string of the molecule is Cc1ccccc1OCCCN1C(=O)NC2(CCOc3ccccc32)C1=O. The maximum Gasteiger partial charge on any atom is 0.325 e. The van der Waals surface area contributed by atoms with Gasteiger partial charge in [0.05, 0.1) is 13.2 Å². The van der Waals surface area contributed by atoms with E-state index in [0.29, 0.717) is 38.3 Å². The number of nitrogens with zero attached hydrogens (tertiary/aromatic N) is 1. The van der Waals surface area contributed by atoms with Crippen molar-refractivity contribution in [2.75, 3.05) is 19.8 Å². The molecule has 0 bridgehead atoms. The molecule has 140 valence electrons. The molecule has 2 aliphatic rings. The normalized spacial score (nSPS) is 21.0. The van der Waals surface area contributed by atoms with Crippen LogP contribution in [-0.2, 0) is 10.3 Å². The van der Waals surface area contributed by atoms with E-state index in [0.717, 1.165) is 16.9 Å². The maximum atomic E-state index is 13.1. The van der Waals surface area contributed by atoms with E-state index in [1.54, 1.807) is 0 Å². The summed E-state index contributed by atoms with van der Waals surface area (Å²) in [6.45, 7) is 3.14. The standard InChI is InChI=1S/C21H22N2O4/c1-15-7-2-4-9-17(15)26-13-6-12-23-19(24)21(22-20(23)25)11-14-27-18-10-5-3-8-16(18)21/h2-5,7-10H,6,11-14H2,1H3,(H,22,25). The van der Waals surface area contributed by atoms with Crippen LogP contribution in [0.5, 0.6) is 11.5 Å². The van der Waals surface area contributed by atoms with Crippen LogP contribution >= 0.6 is 0 Å². The van der Waals surface area contributed by atoms with Gasteiger partial charge in [-0.1, -0.05) is 36.4 Å². The number of ether oxygens (including phenoxy) is 2.